The number of ether oxygens (including phenoxy) is 2. The molecule has 0 saturated carbocycles. The van der Waals surface area contributed by atoms with Gasteiger partial charge in [0.15, 0.2) is 11.5 Å². The van der Waals surface area contributed by atoms with Crippen molar-refractivity contribution in [2.75, 3.05) is 32.1 Å². The fourth-order valence-electron chi connectivity index (χ4n) is 3.16. The van der Waals surface area contributed by atoms with Crippen molar-refractivity contribution < 1.29 is 19.1 Å². The van der Waals surface area contributed by atoms with Crippen molar-refractivity contribution in [1.82, 2.24) is 4.90 Å². The summed E-state index contributed by atoms with van der Waals surface area (Å²) in [7, 11) is 1.61. The predicted molar refractivity (Wildman–Crippen MR) is 118 cm³/mol. The van der Waals surface area contributed by atoms with Crippen LogP contribution in [-0.4, -0.2) is 43.5 Å². The molecule has 0 bridgehead atoms. The van der Waals surface area contributed by atoms with Gasteiger partial charge >= 0.3 is 0 Å². The SMILES string of the molecule is CCOc1ccc(NC(=O)CN(C)C(=O)c2ccc3ccccc3c2)cc1OCC. The third-order valence-corrected chi connectivity index (χ3v) is 4.55. The fourth-order valence-corrected chi connectivity index (χ4v) is 3.16. The molecule has 0 aliphatic carbocycles. The lowest BCUT2D eigenvalue weighted by Crippen LogP contribution is -2.34. The van der Waals surface area contributed by atoms with Gasteiger partial charge in [0, 0.05) is 24.4 Å². The molecule has 0 atom stereocenters. The first-order valence-corrected chi connectivity index (χ1v) is 9.95. The Balaban J connectivity index is 1.66. The van der Waals surface area contributed by atoms with Crippen LogP contribution < -0.4 is 14.8 Å². The number of nitrogens with one attached hydrogen (secondary N) is 1. The van der Waals surface area contributed by atoms with Gasteiger partial charge in [-0.05, 0) is 48.9 Å². The number of anilines is 1. The molecule has 3 aromatic carbocycles. The highest BCUT2D eigenvalue weighted by Crippen LogP contribution is 2.30. The summed E-state index contributed by atoms with van der Waals surface area (Å²) in [6.07, 6.45) is 0. The summed E-state index contributed by atoms with van der Waals surface area (Å²) in [5.74, 6) is 0.689. The van der Waals surface area contributed by atoms with Gasteiger partial charge in [-0.1, -0.05) is 30.3 Å². The minimum atomic E-state index is -0.293. The standard InChI is InChI=1S/C24H26N2O4/c1-4-29-21-13-12-20(15-22(21)30-5-2)25-23(27)16-26(3)24(28)19-11-10-17-8-6-7-9-18(17)14-19/h6-15H,4-5,16H2,1-3H3,(H,25,27). The number of rotatable bonds is 8. The highest BCUT2D eigenvalue weighted by Gasteiger charge is 2.16. The predicted octanol–water partition coefficient (Wildman–Crippen LogP) is 4.35. The monoisotopic (exact) mass is 406 g/mol. The molecule has 1 N–H and O–H groups in total. The van der Waals surface area contributed by atoms with E-state index in [9.17, 15) is 9.59 Å². The fraction of sp³-hybridized carbons (Fsp3) is 0.250. The molecule has 0 aromatic heterocycles. The van der Waals surface area contributed by atoms with Crippen molar-refractivity contribution >= 4 is 28.3 Å². The van der Waals surface area contributed by atoms with Gasteiger partial charge in [0.25, 0.3) is 5.91 Å². The van der Waals surface area contributed by atoms with Crippen LogP contribution in [0.25, 0.3) is 10.8 Å². The van der Waals surface area contributed by atoms with E-state index in [1.807, 2.05) is 50.2 Å². The van der Waals surface area contributed by atoms with Gasteiger partial charge in [0.2, 0.25) is 5.91 Å². The van der Waals surface area contributed by atoms with Gasteiger partial charge in [0.05, 0.1) is 19.8 Å². The average Bonchev–Trinajstić information content (AvgIpc) is 2.75. The summed E-state index contributed by atoms with van der Waals surface area (Å²) in [6.45, 7) is 4.72. The first-order valence-electron chi connectivity index (χ1n) is 9.95. The largest absolute Gasteiger partial charge is 0.490 e. The number of fused-ring (bicyclic) bond motifs is 1. The Labute approximate surface area is 176 Å². The Morgan fingerprint density at radius 1 is 0.867 bits per heavy atom. The number of benzene rings is 3. The second-order valence-electron chi connectivity index (χ2n) is 6.80. The lowest BCUT2D eigenvalue weighted by molar-refractivity contribution is -0.116. The number of hydrogen-bond acceptors (Lipinski definition) is 4. The summed E-state index contributed by atoms with van der Waals surface area (Å²) in [6, 6.07) is 18.6. The van der Waals surface area contributed by atoms with Crippen molar-refractivity contribution in [2.24, 2.45) is 0 Å². The Hall–Kier alpha value is -3.54. The van der Waals surface area contributed by atoms with E-state index in [-0.39, 0.29) is 18.4 Å². The highest BCUT2D eigenvalue weighted by atomic mass is 16.5. The lowest BCUT2D eigenvalue weighted by atomic mass is 10.1. The normalized spacial score (nSPS) is 10.5. The van der Waals surface area contributed by atoms with E-state index in [2.05, 4.69) is 5.32 Å². The summed E-state index contributed by atoms with van der Waals surface area (Å²) in [5.41, 5.74) is 1.13. The quantitative estimate of drug-likeness (QED) is 0.604. The van der Waals surface area contributed by atoms with Crippen molar-refractivity contribution in [1.29, 1.82) is 0 Å². The topological polar surface area (TPSA) is 67.9 Å². The summed E-state index contributed by atoms with van der Waals surface area (Å²) in [4.78, 5) is 26.6. The third-order valence-electron chi connectivity index (χ3n) is 4.55. The van der Waals surface area contributed by atoms with Gasteiger partial charge in [-0.15, -0.1) is 0 Å². The lowest BCUT2D eigenvalue weighted by Gasteiger charge is -2.18. The Morgan fingerprint density at radius 2 is 1.57 bits per heavy atom. The highest BCUT2D eigenvalue weighted by molar-refractivity contribution is 6.01. The Kier molecular flexibility index (Phi) is 6.91. The van der Waals surface area contributed by atoms with E-state index in [1.165, 1.54) is 4.90 Å². The molecular formula is C24H26N2O4. The number of carbonyl (C=O) groups excluding carboxylic acids is 2. The van der Waals surface area contributed by atoms with Crippen LogP contribution in [0.15, 0.2) is 60.7 Å². The van der Waals surface area contributed by atoms with E-state index in [1.54, 1.807) is 31.3 Å². The summed E-state index contributed by atoms with van der Waals surface area (Å²) in [5, 5.41) is 4.86. The van der Waals surface area contributed by atoms with E-state index >= 15 is 0 Å². The van der Waals surface area contributed by atoms with Crippen LogP contribution in [0.2, 0.25) is 0 Å². The second kappa shape index (κ2) is 9.78. The summed E-state index contributed by atoms with van der Waals surface area (Å²) < 4.78 is 11.1. The second-order valence-corrected chi connectivity index (χ2v) is 6.80. The van der Waals surface area contributed by atoms with E-state index < -0.39 is 0 Å². The molecule has 2 amide bonds. The van der Waals surface area contributed by atoms with Crippen molar-refractivity contribution in [2.45, 2.75) is 13.8 Å². The van der Waals surface area contributed by atoms with Crippen molar-refractivity contribution in [3.05, 3.63) is 66.2 Å². The molecule has 0 heterocycles. The Morgan fingerprint density at radius 3 is 2.30 bits per heavy atom. The first-order chi connectivity index (χ1) is 14.5. The molecule has 30 heavy (non-hydrogen) atoms. The molecule has 0 fully saturated rings. The molecule has 156 valence electrons. The van der Waals surface area contributed by atoms with Gasteiger partial charge in [0.1, 0.15) is 0 Å². The zero-order valence-electron chi connectivity index (χ0n) is 17.5. The molecule has 3 rings (SSSR count). The van der Waals surface area contributed by atoms with Gasteiger partial charge in [-0.25, -0.2) is 0 Å². The number of nitrogens with zero attached hydrogens (tertiary/aromatic N) is 1. The molecule has 6 heteroatoms. The third kappa shape index (κ3) is 5.08. The van der Waals surface area contributed by atoms with Crippen LogP contribution in [0.1, 0.15) is 24.2 Å². The maximum Gasteiger partial charge on any atom is 0.254 e. The molecule has 3 aromatic rings. The van der Waals surface area contributed by atoms with Crippen LogP contribution in [-0.2, 0) is 4.79 Å². The maximum absolute atomic E-state index is 12.7. The van der Waals surface area contributed by atoms with Crippen molar-refractivity contribution in [3.63, 3.8) is 0 Å². The number of hydrogen-bond donors (Lipinski definition) is 1. The van der Waals surface area contributed by atoms with Crippen LogP contribution in [0.4, 0.5) is 5.69 Å². The molecule has 0 unspecified atom stereocenters. The first kappa shape index (κ1) is 21.2. The average molecular weight is 406 g/mol. The van der Waals surface area contributed by atoms with E-state index in [4.69, 9.17) is 9.47 Å². The molecule has 0 saturated heterocycles. The van der Waals surface area contributed by atoms with Crippen LogP contribution in [0.3, 0.4) is 0 Å². The van der Waals surface area contributed by atoms with Crippen LogP contribution in [0, 0.1) is 0 Å². The Bertz CT molecular complexity index is 1050. The van der Waals surface area contributed by atoms with Gasteiger partial charge in [-0.2, -0.15) is 0 Å². The molecular weight excluding hydrogens is 380 g/mol. The van der Waals surface area contributed by atoms with Gasteiger partial charge < -0.3 is 19.7 Å². The molecule has 0 spiro atoms. The van der Waals surface area contributed by atoms with Crippen LogP contribution >= 0.6 is 0 Å². The van der Waals surface area contributed by atoms with Gasteiger partial charge in [-0.3, -0.25) is 9.59 Å². The van der Waals surface area contributed by atoms with Crippen LogP contribution in [0.5, 0.6) is 11.5 Å². The maximum atomic E-state index is 12.7. The summed E-state index contributed by atoms with van der Waals surface area (Å²) >= 11 is 0. The van der Waals surface area contributed by atoms with E-state index in [0.717, 1.165) is 10.8 Å². The number of carbonyl (C=O) groups is 2. The zero-order chi connectivity index (χ0) is 21.5. The smallest absolute Gasteiger partial charge is 0.254 e. The molecule has 6 nitrogen and oxygen atoms in total. The molecule has 0 radical (unpaired) electrons. The zero-order valence-corrected chi connectivity index (χ0v) is 17.5. The molecule has 0 aliphatic heterocycles. The number of amides is 2. The minimum Gasteiger partial charge on any atom is -0.490 e. The molecule has 0 aliphatic rings. The number of likely N-dealkylation sites (N-methyl/N-ethyl adjacent to an activating group) is 1. The minimum absolute atomic E-state index is 0.0666. The van der Waals surface area contributed by atoms with E-state index in [0.29, 0.717) is 36.0 Å². The van der Waals surface area contributed by atoms with Crippen molar-refractivity contribution in [3.8, 4) is 11.5 Å².